The summed E-state index contributed by atoms with van der Waals surface area (Å²) in [5.41, 5.74) is 2.61. The number of halogens is 1. The van der Waals surface area contributed by atoms with Gasteiger partial charge < -0.3 is 4.42 Å². The molecule has 0 aliphatic carbocycles. The van der Waals surface area contributed by atoms with Crippen LogP contribution < -0.4 is 0 Å². The summed E-state index contributed by atoms with van der Waals surface area (Å²) in [5.74, 6) is 1.06. The summed E-state index contributed by atoms with van der Waals surface area (Å²) in [5, 5.41) is 0. The van der Waals surface area contributed by atoms with Crippen molar-refractivity contribution in [2.45, 2.75) is 12.8 Å². The Kier molecular flexibility index (Phi) is 2.50. The monoisotopic (exact) mass is 208 g/mol. The van der Waals surface area contributed by atoms with Crippen molar-refractivity contribution in [1.29, 1.82) is 0 Å². The molecule has 72 valence electrons. The van der Waals surface area contributed by atoms with E-state index in [2.05, 4.69) is 9.97 Å². The van der Waals surface area contributed by atoms with Gasteiger partial charge in [-0.3, -0.25) is 0 Å². The Balaban J connectivity index is 2.48. The third-order valence-electron chi connectivity index (χ3n) is 1.82. The Morgan fingerprint density at radius 3 is 2.93 bits per heavy atom. The summed E-state index contributed by atoms with van der Waals surface area (Å²) in [6.07, 6.45) is 3.22. The molecule has 0 radical (unpaired) electrons. The minimum Gasteiger partial charge on any atom is -0.472 e. The molecule has 0 bridgehead atoms. The highest BCUT2D eigenvalue weighted by Gasteiger charge is 2.05. The molecular formula is C10H9ClN2O. The van der Waals surface area contributed by atoms with E-state index in [1.165, 1.54) is 0 Å². The molecule has 4 heteroatoms. The van der Waals surface area contributed by atoms with Crippen LogP contribution in [0.1, 0.15) is 11.4 Å². The van der Waals surface area contributed by atoms with E-state index in [0.29, 0.717) is 11.7 Å². The molecule has 0 aliphatic heterocycles. The lowest BCUT2D eigenvalue weighted by atomic mass is 10.3. The quantitative estimate of drug-likeness (QED) is 0.713. The van der Waals surface area contributed by atoms with E-state index in [-0.39, 0.29) is 0 Å². The molecule has 0 unspecified atom stereocenters. The molecule has 0 saturated heterocycles. The van der Waals surface area contributed by atoms with Crippen LogP contribution in [0.2, 0.25) is 0 Å². The molecule has 0 aromatic carbocycles. The van der Waals surface area contributed by atoms with Gasteiger partial charge in [0, 0.05) is 5.69 Å². The number of alkyl halides is 1. The first-order valence-electron chi connectivity index (χ1n) is 4.22. The van der Waals surface area contributed by atoms with E-state index in [9.17, 15) is 0 Å². The van der Waals surface area contributed by atoms with Crippen molar-refractivity contribution < 1.29 is 4.42 Å². The van der Waals surface area contributed by atoms with Crippen LogP contribution in [0.4, 0.5) is 0 Å². The fourth-order valence-electron chi connectivity index (χ4n) is 1.22. The summed E-state index contributed by atoms with van der Waals surface area (Å²) in [7, 11) is 0. The van der Waals surface area contributed by atoms with Crippen LogP contribution in [0.3, 0.4) is 0 Å². The van der Waals surface area contributed by atoms with Crippen LogP contribution in [0.25, 0.3) is 11.4 Å². The number of hydrogen-bond donors (Lipinski definition) is 0. The molecule has 14 heavy (non-hydrogen) atoms. The third-order valence-corrected chi connectivity index (χ3v) is 2.10. The van der Waals surface area contributed by atoms with E-state index in [1.807, 2.05) is 19.1 Å². The zero-order valence-corrected chi connectivity index (χ0v) is 8.45. The van der Waals surface area contributed by atoms with Crippen LogP contribution >= 0.6 is 11.6 Å². The molecule has 3 nitrogen and oxygen atoms in total. The van der Waals surface area contributed by atoms with Gasteiger partial charge in [0.25, 0.3) is 0 Å². The highest BCUT2D eigenvalue weighted by Crippen LogP contribution is 2.16. The van der Waals surface area contributed by atoms with E-state index < -0.39 is 0 Å². The van der Waals surface area contributed by atoms with E-state index in [1.54, 1.807) is 12.5 Å². The highest BCUT2D eigenvalue weighted by molar-refractivity contribution is 6.16. The van der Waals surface area contributed by atoms with Gasteiger partial charge in [0.15, 0.2) is 5.82 Å². The lowest BCUT2D eigenvalue weighted by Gasteiger charge is -2.00. The third kappa shape index (κ3) is 1.77. The van der Waals surface area contributed by atoms with Gasteiger partial charge in [0.2, 0.25) is 0 Å². The molecule has 0 fully saturated rings. The first-order valence-corrected chi connectivity index (χ1v) is 4.76. The molecule has 0 aliphatic rings. The Morgan fingerprint density at radius 2 is 2.29 bits per heavy atom. The zero-order valence-electron chi connectivity index (χ0n) is 7.70. The van der Waals surface area contributed by atoms with E-state index in [0.717, 1.165) is 17.0 Å². The van der Waals surface area contributed by atoms with E-state index >= 15 is 0 Å². The first-order chi connectivity index (χ1) is 6.79. The van der Waals surface area contributed by atoms with Crippen molar-refractivity contribution in [2.24, 2.45) is 0 Å². The molecule has 2 aromatic heterocycles. The number of furan rings is 1. The number of rotatable bonds is 2. The number of hydrogen-bond acceptors (Lipinski definition) is 3. The van der Waals surface area contributed by atoms with Gasteiger partial charge in [-0.1, -0.05) is 0 Å². The normalized spacial score (nSPS) is 10.4. The Bertz CT molecular complexity index is 426. The lowest BCUT2D eigenvalue weighted by molar-refractivity contribution is 0.568. The molecule has 2 aromatic rings. The molecular weight excluding hydrogens is 200 g/mol. The predicted molar refractivity (Wildman–Crippen MR) is 54.0 cm³/mol. The molecule has 2 heterocycles. The van der Waals surface area contributed by atoms with Gasteiger partial charge in [-0.15, -0.1) is 11.6 Å². The molecule has 0 spiro atoms. The van der Waals surface area contributed by atoms with Crippen molar-refractivity contribution in [3.63, 3.8) is 0 Å². The number of aryl methyl sites for hydroxylation is 1. The van der Waals surface area contributed by atoms with Gasteiger partial charge >= 0.3 is 0 Å². The summed E-state index contributed by atoms with van der Waals surface area (Å²) >= 11 is 5.72. The smallest absolute Gasteiger partial charge is 0.162 e. The predicted octanol–water partition coefficient (Wildman–Crippen LogP) is 2.78. The summed E-state index contributed by atoms with van der Waals surface area (Å²) in [6.45, 7) is 1.92. The molecule has 0 N–H and O–H groups in total. The summed E-state index contributed by atoms with van der Waals surface area (Å²) < 4.78 is 4.97. The number of nitrogens with zero attached hydrogens (tertiary/aromatic N) is 2. The largest absolute Gasteiger partial charge is 0.472 e. The average Bonchev–Trinajstić information content (AvgIpc) is 2.69. The van der Waals surface area contributed by atoms with Crippen LogP contribution in [-0.2, 0) is 5.88 Å². The molecule has 0 atom stereocenters. The Labute approximate surface area is 86.8 Å². The van der Waals surface area contributed by atoms with Crippen molar-refractivity contribution in [2.75, 3.05) is 0 Å². The fourth-order valence-corrected chi connectivity index (χ4v) is 1.36. The molecule has 0 amide bonds. The molecule has 2 rings (SSSR count). The first kappa shape index (κ1) is 9.21. The van der Waals surface area contributed by atoms with Crippen LogP contribution in [0.15, 0.2) is 29.1 Å². The maximum atomic E-state index is 5.72. The second kappa shape index (κ2) is 3.80. The topological polar surface area (TPSA) is 38.9 Å². The van der Waals surface area contributed by atoms with Crippen LogP contribution in [-0.4, -0.2) is 9.97 Å². The lowest BCUT2D eigenvalue weighted by Crippen LogP contribution is -1.95. The minimum absolute atomic E-state index is 0.397. The fraction of sp³-hybridized carbons (Fsp3) is 0.200. The molecule has 0 saturated carbocycles. The van der Waals surface area contributed by atoms with E-state index in [4.69, 9.17) is 16.0 Å². The standard InChI is InChI=1S/C10H9ClN2O/c1-7-4-9(5-11)13-10(12-7)8-2-3-14-6-8/h2-4,6H,5H2,1H3. The Hall–Kier alpha value is -1.35. The van der Waals surface area contributed by atoms with Crippen molar-refractivity contribution in [3.8, 4) is 11.4 Å². The summed E-state index contributed by atoms with van der Waals surface area (Å²) in [6, 6.07) is 3.70. The zero-order chi connectivity index (χ0) is 9.97. The van der Waals surface area contributed by atoms with Gasteiger partial charge in [-0.05, 0) is 19.1 Å². The highest BCUT2D eigenvalue weighted by atomic mass is 35.5. The SMILES string of the molecule is Cc1cc(CCl)nc(-c2ccoc2)n1. The van der Waals surface area contributed by atoms with Crippen molar-refractivity contribution in [3.05, 3.63) is 36.0 Å². The van der Waals surface area contributed by atoms with Crippen LogP contribution in [0, 0.1) is 6.92 Å². The van der Waals surface area contributed by atoms with Gasteiger partial charge in [0.1, 0.15) is 6.26 Å². The maximum absolute atomic E-state index is 5.72. The van der Waals surface area contributed by atoms with Gasteiger partial charge in [-0.2, -0.15) is 0 Å². The minimum atomic E-state index is 0.397. The van der Waals surface area contributed by atoms with Crippen molar-refractivity contribution in [1.82, 2.24) is 9.97 Å². The maximum Gasteiger partial charge on any atom is 0.162 e. The Morgan fingerprint density at radius 1 is 1.43 bits per heavy atom. The van der Waals surface area contributed by atoms with Gasteiger partial charge in [0.05, 0.1) is 23.4 Å². The average molecular weight is 209 g/mol. The van der Waals surface area contributed by atoms with Gasteiger partial charge in [-0.25, -0.2) is 9.97 Å². The summed E-state index contributed by atoms with van der Waals surface area (Å²) in [4.78, 5) is 8.59. The van der Waals surface area contributed by atoms with Crippen LogP contribution in [0.5, 0.6) is 0 Å². The second-order valence-corrected chi connectivity index (χ2v) is 3.24. The second-order valence-electron chi connectivity index (χ2n) is 2.97. The number of aromatic nitrogens is 2. The van der Waals surface area contributed by atoms with Crippen molar-refractivity contribution >= 4 is 11.6 Å².